The Labute approximate surface area is 105 Å². The molecule has 0 aliphatic carbocycles. The van der Waals surface area contributed by atoms with E-state index in [1.54, 1.807) is 12.3 Å². The number of aromatic nitrogens is 1. The van der Waals surface area contributed by atoms with Gasteiger partial charge in [-0.3, -0.25) is 4.98 Å². The third kappa shape index (κ3) is 2.16. The maximum absolute atomic E-state index is 14.5. The molecule has 2 heterocycles. The first kappa shape index (κ1) is 11.4. The van der Waals surface area contributed by atoms with Gasteiger partial charge in [0, 0.05) is 37.5 Å². The van der Waals surface area contributed by atoms with Crippen molar-refractivity contribution in [3.8, 4) is 5.75 Å². The molecule has 0 amide bonds. The SMILES string of the molecule is FC1(Oc2cccc3ncccc23)CCNCC1. The average Bonchev–Trinajstić information content (AvgIpc) is 2.40. The molecule has 1 aliphatic rings. The van der Waals surface area contributed by atoms with Crippen molar-refractivity contribution in [1.82, 2.24) is 10.3 Å². The van der Waals surface area contributed by atoms with Crippen LogP contribution in [0.1, 0.15) is 12.8 Å². The number of fused-ring (bicyclic) bond motifs is 1. The second kappa shape index (κ2) is 4.53. The van der Waals surface area contributed by atoms with Gasteiger partial charge in [-0.1, -0.05) is 6.07 Å². The van der Waals surface area contributed by atoms with Gasteiger partial charge in [-0.25, -0.2) is 0 Å². The highest BCUT2D eigenvalue weighted by Gasteiger charge is 2.34. The van der Waals surface area contributed by atoms with Gasteiger partial charge >= 0.3 is 0 Å². The van der Waals surface area contributed by atoms with Crippen LogP contribution in [0.3, 0.4) is 0 Å². The van der Waals surface area contributed by atoms with Crippen molar-refractivity contribution in [3.63, 3.8) is 0 Å². The van der Waals surface area contributed by atoms with Crippen LogP contribution in [-0.4, -0.2) is 23.9 Å². The smallest absolute Gasteiger partial charge is 0.250 e. The van der Waals surface area contributed by atoms with Crippen molar-refractivity contribution in [2.75, 3.05) is 13.1 Å². The Hall–Kier alpha value is -1.68. The van der Waals surface area contributed by atoms with Crippen LogP contribution in [0.5, 0.6) is 5.75 Å². The van der Waals surface area contributed by atoms with Gasteiger partial charge in [0.25, 0.3) is 5.85 Å². The van der Waals surface area contributed by atoms with Crippen LogP contribution in [0, 0.1) is 0 Å². The van der Waals surface area contributed by atoms with E-state index in [9.17, 15) is 4.39 Å². The predicted molar refractivity (Wildman–Crippen MR) is 68.3 cm³/mol. The summed E-state index contributed by atoms with van der Waals surface area (Å²) in [5.74, 6) is -0.986. The minimum absolute atomic E-state index is 0.379. The molecule has 1 aliphatic heterocycles. The van der Waals surface area contributed by atoms with Crippen molar-refractivity contribution in [2.45, 2.75) is 18.7 Å². The average molecular weight is 246 g/mol. The maximum atomic E-state index is 14.5. The van der Waals surface area contributed by atoms with Crippen molar-refractivity contribution in [2.24, 2.45) is 0 Å². The Morgan fingerprint density at radius 1 is 1.17 bits per heavy atom. The predicted octanol–water partition coefficient (Wildman–Crippen LogP) is 2.66. The summed E-state index contributed by atoms with van der Waals surface area (Å²) in [6, 6.07) is 9.28. The quantitative estimate of drug-likeness (QED) is 0.884. The molecule has 0 radical (unpaired) electrons. The van der Waals surface area contributed by atoms with E-state index in [2.05, 4.69) is 10.3 Å². The summed E-state index contributed by atoms with van der Waals surface area (Å²) in [5, 5.41) is 3.99. The number of piperidine rings is 1. The zero-order valence-electron chi connectivity index (χ0n) is 10.0. The van der Waals surface area contributed by atoms with Crippen LogP contribution < -0.4 is 10.1 Å². The Balaban J connectivity index is 1.94. The molecular weight excluding hydrogens is 231 g/mol. The number of nitrogens with one attached hydrogen (secondary N) is 1. The van der Waals surface area contributed by atoms with E-state index in [4.69, 9.17) is 4.74 Å². The second-order valence-corrected chi connectivity index (χ2v) is 4.56. The number of alkyl halides is 1. The molecule has 0 atom stereocenters. The van der Waals surface area contributed by atoms with E-state index in [1.165, 1.54) is 0 Å². The van der Waals surface area contributed by atoms with Crippen LogP contribution in [0.2, 0.25) is 0 Å². The van der Waals surface area contributed by atoms with Crippen LogP contribution in [0.15, 0.2) is 36.5 Å². The van der Waals surface area contributed by atoms with Crippen molar-refractivity contribution < 1.29 is 9.13 Å². The fourth-order valence-corrected chi connectivity index (χ4v) is 2.26. The van der Waals surface area contributed by atoms with Gasteiger partial charge in [-0.15, -0.1) is 0 Å². The Bertz CT molecular complexity index is 547. The molecule has 0 saturated carbocycles. The molecule has 18 heavy (non-hydrogen) atoms. The minimum Gasteiger partial charge on any atom is -0.457 e. The normalized spacial score (nSPS) is 18.7. The summed E-state index contributed by atoms with van der Waals surface area (Å²) in [6.07, 6.45) is 2.48. The fraction of sp³-hybridized carbons (Fsp3) is 0.357. The molecule has 1 saturated heterocycles. The zero-order valence-corrected chi connectivity index (χ0v) is 10.0. The highest BCUT2D eigenvalue weighted by atomic mass is 19.2. The third-order valence-corrected chi connectivity index (χ3v) is 3.25. The van der Waals surface area contributed by atoms with E-state index in [0.717, 1.165) is 10.9 Å². The number of halogens is 1. The van der Waals surface area contributed by atoms with Crippen LogP contribution in [-0.2, 0) is 0 Å². The lowest BCUT2D eigenvalue weighted by atomic mass is 10.1. The molecule has 4 heteroatoms. The lowest BCUT2D eigenvalue weighted by molar-refractivity contribution is -0.0833. The Morgan fingerprint density at radius 3 is 2.83 bits per heavy atom. The minimum atomic E-state index is -1.56. The molecule has 0 spiro atoms. The van der Waals surface area contributed by atoms with Gasteiger partial charge in [-0.05, 0) is 24.3 Å². The summed E-state index contributed by atoms with van der Waals surface area (Å²) in [4.78, 5) is 4.24. The first-order valence-electron chi connectivity index (χ1n) is 6.19. The van der Waals surface area contributed by atoms with Gasteiger partial charge in [0.1, 0.15) is 5.75 Å². The maximum Gasteiger partial charge on any atom is 0.250 e. The van der Waals surface area contributed by atoms with Crippen molar-refractivity contribution in [3.05, 3.63) is 36.5 Å². The summed E-state index contributed by atoms with van der Waals surface area (Å²) in [7, 11) is 0. The number of hydrogen-bond acceptors (Lipinski definition) is 3. The topological polar surface area (TPSA) is 34.1 Å². The van der Waals surface area contributed by atoms with Crippen LogP contribution >= 0.6 is 0 Å². The van der Waals surface area contributed by atoms with Gasteiger partial charge in [-0.2, -0.15) is 4.39 Å². The van der Waals surface area contributed by atoms with Gasteiger partial charge in [0.05, 0.1) is 5.52 Å². The second-order valence-electron chi connectivity index (χ2n) is 4.56. The fourth-order valence-electron chi connectivity index (χ4n) is 2.26. The summed E-state index contributed by atoms with van der Waals surface area (Å²) in [6.45, 7) is 1.30. The molecule has 2 aromatic rings. The van der Waals surface area contributed by atoms with Gasteiger partial charge < -0.3 is 10.1 Å². The number of pyridine rings is 1. The van der Waals surface area contributed by atoms with Crippen LogP contribution in [0.25, 0.3) is 10.9 Å². The molecule has 3 rings (SSSR count). The number of nitrogens with zero attached hydrogens (tertiary/aromatic N) is 1. The molecule has 1 aromatic carbocycles. The number of benzene rings is 1. The first-order valence-corrected chi connectivity index (χ1v) is 6.19. The Kier molecular flexibility index (Phi) is 2.88. The molecule has 0 unspecified atom stereocenters. The first-order chi connectivity index (χ1) is 8.77. The summed E-state index contributed by atoms with van der Waals surface area (Å²) in [5.41, 5.74) is 0.826. The van der Waals surface area contributed by atoms with E-state index in [1.807, 2.05) is 24.3 Å². The van der Waals surface area contributed by atoms with Gasteiger partial charge in [0.2, 0.25) is 0 Å². The standard InChI is InChI=1S/C14H15FN2O/c15-14(6-9-16-10-7-14)18-13-5-1-4-12-11(13)3-2-8-17-12/h1-5,8,16H,6-7,9-10H2. The zero-order chi connectivity index (χ0) is 12.4. The van der Waals surface area contributed by atoms with Crippen molar-refractivity contribution in [1.29, 1.82) is 0 Å². The number of ether oxygens (including phenoxy) is 1. The molecule has 1 aromatic heterocycles. The lowest BCUT2D eigenvalue weighted by Crippen LogP contribution is -2.42. The molecule has 3 nitrogen and oxygen atoms in total. The molecule has 1 fully saturated rings. The number of hydrogen-bond donors (Lipinski definition) is 1. The highest BCUT2D eigenvalue weighted by molar-refractivity contribution is 5.84. The largest absolute Gasteiger partial charge is 0.457 e. The van der Waals surface area contributed by atoms with Crippen LogP contribution in [0.4, 0.5) is 4.39 Å². The van der Waals surface area contributed by atoms with Crippen molar-refractivity contribution >= 4 is 10.9 Å². The number of rotatable bonds is 2. The molecule has 0 bridgehead atoms. The van der Waals surface area contributed by atoms with E-state index in [0.29, 0.717) is 31.7 Å². The lowest BCUT2D eigenvalue weighted by Gasteiger charge is -2.30. The summed E-state index contributed by atoms with van der Waals surface area (Å²) < 4.78 is 20.1. The molecule has 1 N–H and O–H groups in total. The summed E-state index contributed by atoms with van der Waals surface area (Å²) >= 11 is 0. The third-order valence-electron chi connectivity index (χ3n) is 3.25. The Morgan fingerprint density at radius 2 is 2.00 bits per heavy atom. The van der Waals surface area contributed by atoms with E-state index in [-0.39, 0.29) is 0 Å². The van der Waals surface area contributed by atoms with Gasteiger partial charge in [0.15, 0.2) is 0 Å². The van der Waals surface area contributed by atoms with E-state index < -0.39 is 5.85 Å². The molecular formula is C14H15FN2O. The highest BCUT2D eigenvalue weighted by Crippen LogP contribution is 2.32. The van der Waals surface area contributed by atoms with E-state index >= 15 is 0 Å². The monoisotopic (exact) mass is 246 g/mol. The molecule has 94 valence electrons.